The molecule has 0 atom stereocenters. The molecule has 0 unspecified atom stereocenters. The van der Waals surface area contributed by atoms with E-state index in [-0.39, 0.29) is 23.7 Å². The van der Waals surface area contributed by atoms with Crippen molar-refractivity contribution in [2.24, 2.45) is 5.41 Å². The third-order valence-electron chi connectivity index (χ3n) is 4.08. The lowest BCUT2D eigenvalue weighted by molar-refractivity contribution is -0.136. The van der Waals surface area contributed by atoms with Gasteiger partial charge in [-0.05, 0) is 50.0 Å². The van der Waals surface area contributed by atoms with Crippen LogP contribution >= 0.6 is 24.0 Å². The third kappa shape index (κ3) is 5.13. The highest BCUT2D eigenvalue weighted by atomic mass is 35.5. The molecule has 2 N–H and O–H groups in total. The summed E-state index contributed by atoms with van der Waals surface area (Å²) in [5.74, 6) is 0.111. The zero-order valence-corrected chi connectivity index (χ0v) is 14.4. The van der Waals surface area contributed by atoms with E-state index in [1.165, 1.54) is 5.56 Å². The van der Waals surface area contributed by atoms with Crippen LogP contribution in [-0.2, 0) is 16.0 Å². The predicted molar refractivity (Wildman–Crippen MR) is 91.8 cm³/mol. The van der Waals surface area contributed by atoms with Gasteiger partial charge in [-0.2, -0.15) is 0 Å². The van der Waals surface area contributed by atoms with Gasteiger partial charge in [-0.15, -0.1) is 12.4 Å². The van der Waals surface area contributed by atoms with Gasteiger partial charge in [-0.1, -0.05) is 23.7 Å². The maximum atomic E-state index is 12.5. The van der Waals surface area contributed by atoms with Gasteiger partial charge in [0.05, 0.1) is 12.0 Å². The number of ether oxygens (including phenoxy) is 1. The Morgan fingerprint density at radius 1 is 1.32 bits per heavy atom. The van der Waals surface area contributed by atoms with Crippen molar-refractivity contribution in [2.75, 3.05) is 33.4 Å². The molecule has 1 aromatic carbocycles. The number of rotatable bonds is 6. The smallest absolute Gasteiger partial charge is 0.228 e. The van der Waals surface area contributed by atoms with Crippen LogP contribution in [0.25, 0.3) is 0 Å². The van der Waals surface area contributed by atoms with E-state index in [1.54, 1.807) is 7.11 Å². The Bertz CT molecular complexity index is 454. The molecule has 0 aliphatic carbocycles. The van der Waals surface area contributed by atoms with Crippen molar-refractivity contribution in [1.82, 2.24) is 10.6 Å². The first-order chi connectivity index (χ1) is 10.2. The summed E-state index contributed by atoms with van der Waals surface area (Å²) in [6, 6.07) is 7.73. The molecule has 4 nitrogen and oxygen atoms in total. The first-order valence-electron chi connectivity index (χ1n) is 7.39. The van der Waals surface area contributed by atoms with Gasteiger partial charge in [-0.3, -0.25) is 4.79 Å². The highest BCUT2D eigenvalue weighted by molar-refractivity contribution is 6.30. The summed E-state index contributed by atoms with van der Waals surface area (Å²) in [5, 5.41) is 7.09. The van der Waals surface area contributed by atoms with Crippen molar-refractivity contribution in [2.45, 2.75) is 19.3 Å². The Balaban J connectivity index is 0.00000242. The number of methoxy groups -OCH3 is 1. The third-order valence-corrected chi connectivity index (χ3v) is 4.33. The van der Waals surface area contributed by atoms with E-state index >= 15 is 0 Å². The Hall–Kier alpha value is -0.810. The molecule has 6 heteroatoms. The summed E-state index contributed by atoms with van der Waals surface area (Å²) in [6.07, 6.45) is 2.46. The number of nitrogens with one attached hydrogen (secondary N) is 2. The molecule has 0 saturated carbocycles. The van der Waals surface area contributed by atoms with Crippen LogP contribution in [-0.4, -0.2) is 39.3 Å². The number of benzene rings is 1. The summed E-state index contributed by atoms with van der Waals surface area (Å²) in [5.41, 5.74) is 0.797. The summed E-state index contributed by atoms with van der Waals surface area (Å²) in [6.45, 7) is 2.86. The molecule has 22 heavy (non-hydrogen) atoms. The van der Waals surface area contributed by atoms with Crippen molar-refractivity contribution in [3.8, 4) is 0 Å². The average molecular weight is 347 g/mol. The molecule has 1 saturated heterocycles. The standard InChI is InChI=1S/C16H23ClN2O2.ClH/c1-21-12-16(7-10-18-11-8-16)15(20)19-9-6-13-2-4-14(17)5-3-13;/h2-5,18H,6-12H2,1H3,(H,19,20);1H. The number of halogens is 2. The van der Waals surface area contributed by atoms with Gasteiger partial charge in [0, 0.05) is 18.7 Å². The molecule has 124 valence electrons. The van der Waals surface area contributed by atoms with Gasteiger partial charge in [0.1, 0.15) is 0 Å². The fourth-order valence-electron chi connectivity index (χ4n) is 2.78. The molecule has 0 aromatic heterocycles. The number of carbonyl (C=O) groups is 1. The van der Waals surface area contributed by atoms with Gasteiger partial charge in [0.15, 0.2) is 0 Å². The van der Waals surface area contributed by atoms with Gasteiger partial charge < -0.3 is 15.4 Å². The second-order valence-electron chi connectivity index (χ2n) is 5.60. The second kappa shape index (κ2) is 9.36. The summed E-state index contributed by atoms with van der Waals surface area (Å²) in [4.78, 5) is 12.5. The van der Waals surface area contributed by atoms with Crippen LogP contribution in [0.2, 0.25) is 5.02 Å². The van der Waals surface area contributed by atoms with Crippen LogP contribution in [0, 0.1) is 5.41 Å². The number of hydrogen-bond donors (Lipinski definition) is 2. The predicted octanol–water partition coefficient (Wildman–Crippen LogP) is 2.44. The molecule has 0 radical (unpaired) electrons. The number of amides is 1. The van der Waals surface area contributed by atoms with E-state index in [9.17, 15) is 4.79 Å². The van der Waals surface area contributed by atoms with Crippen molar-refractivity contribution in [1.29, 1.82) is 0 Å². The maximum Gasteiger partial charge on any atom is 0.228 e. The van der Waals surface area contributed by atoms with Crippen LogP contribution in [0.5, 0.6) is 0 Å². The van der Waals surface area contributed by atoms with Crippen LogP contribution in [0.1, 0.15) is 18.4 Å². The Morgan fingerprint density at radius 3 is 2.55 bits per heavy atom. The molecular formula is C16H24Cl2N2O2. The second-order valence-corrected chi connectivity index (χ2v) is 6.03. The largest absolute Gasteiger partial charge is 0.384 e. The molecule has 2 rings (SSSR count). The van der Waals surface area contributed by atoms with Crippen molar-refractivity contribution < 1.29 is 9.53 Å². The van der Waals surface area contributed by atoms with Gasteiger partial charge in [-0.25, -0.2) is 0 Å². The van der Waals surface area contributed by atoms with E-state index in [0.29, 0.717) is 13.2 Å². The lowest BCUT2D eigenvalue weighted by Gasteiger charge is -2.35. The average Bonchev–Trinajstić information content (AvgIpc) is 2.50. The normalized spacial score (nSPS) is 16.6. The highest BCUT2D eigenvalue weighted by Gasteiger charge is 2.39. The van der Waals surface area contributed by atoms with Crippen molar-refractivity contribution in [3.63, 3.8) is 0 Å². The molecule has 1 amide bonds. The topological polar surface area (TPSA) is 50.4 Å². The van der Waals surface area contributed by atoms with E-state index in [2.05, 4.69) is 10.6 Å². The zero-order chi connectivity index (χ0) is 15.1. The number of carbonyl (C=O) groups excluding carboxylic acids is 1. The SMILES string of the molecule is COCC1(C(=O)NCCc2ccc(Cl)cc2)CCNCC1.Cl. The van der Waals surface area contributed by atoms with E-state index in [4.69, 9.17) is 16.3 Å². The molecular weight excluding hydrogens is 323 g/mol. The lowest BCUT2D eigenvalue weighted by Crippen LogP contribution is -2.50. The molecule has 0 bridgehead atoms. The lowest BCUT2D eigenvalue weighted by atomic mass is 9.78. The zero-order valence-electron chi connectivity index (χ0n) is 12.9. The minimum Gasteiger partial charge on any atom is -0.384 e. The molecule has 0 spiro atoms. The Morgan fingerprint density at radius 2 is 1.95 bits per heavy atom. The Labute approximate surface area is 143 Å². The molecule has 1 aliphatic heterocycles. The molecule has 1 aliphatic rings. The van der Waals surface area contributed by atoms with E-state index < -0.39 is 0 Å². The van der Waals surface area contributed by atoms with Crippen LogP contribution in [0.4, 0.5) is 0 Å². The number of piperidine rings is 1. The summed E-state index contributed by atoms with van der Waals surface area (Å²) in [7, 11) is 1.66. The minimum absolute atomic E-state index is 0. The van der Waals surface area contributed by atoms with Gasteiger partial charge >= 0.3 is 0 Å². The van der Waals surface area contributed by atoms with Crippen LogP contribution in [0.15, 0.2) is 24.3 Å². The fourth-order valence-corrected chi connectivity index (χ4v) is 2.90. The van der Waals surface area contributed by atoms with Crippen LogP contribution < -0.4 is 10.6 Å². The van der Waals surface area contributed by atoms with Gasteiger partial charge in [0.25, 0.3) is 0 Å². The van der Waals surface area contributed by atoms with Crippen molar-refractivity contribution in [3.05, 3.63) is 34.9 Å². The molecule has 1 aromatic rings. The van der Waals surface area contributed by atoms with Crippen molar-refractivity contribution >= 4 is 29.9 Å². The van der Waals surface area contributed by atoms with Gasteiger partial charge in [0.2, 0.25) is 5.91 Å². The first kappa shape index (κ1) is 19.2. The highest BCUT2D eigenvalue weighted by Crippen LogP contribution is 2.29. The summed E-state index contributed by atoms with van der Waals surface area (Å²) >= 11 is 5.86. The van der Waals surface area contributed by atoms with Crippen LogP contribution in [0.3, 0.4) is 0 Å². The summed E-state index contributed by atoms with van der Waals surface area (Å²) < 4.78 is 5.28. The monoisotopic (exact) mass is 346 g/mol. The first-order valence-corrected chi connectivity index (χ1v) is 7.76. The molecule has 1 fully saturated rings. The Kier molecular flexibility index (Phi) is 8.18. The van der Waals surface area contributed by atoms with E-state index in [0.717, 1.165) is 37.4 Å². The molecule has 1 heterocycles. The quantitative estimate of drug-likeness (QED) is 0.831. The minimum atomic E-state index is -0.375. The maximum absolute atomic E-state index is 12.5. The number of hydrogen-bond acceptors (Lipinski definition) is 3. The van der Waals surface area contributed by atoms with E-state index in [1.807, 2.05) is 24.3 Å². The fraction of sp³-hybridized carbons (Fsp3) is 0.562.